The molecule has 0 bridgehead atoms. The lowest BCUT2D eigenvalue weighted by Gasteiger charge is -2.00. The Hall–Kier alpha value is -1.62. The van der Waals surface area contributed by atoms with Gasteiger partial charge >= 0.3 is 0 Å². The maximum absolute atomic E-state index is 5.18. The summed E-state index contributed by atoms with van der Waals surface area (Å²) in [5.74, 6) is 1.47. The first-order valence-corrected chi connectivity index (χ1v) is 6.98. The van der Waals surface area contributed by atoms with Gasteiger partial charge < -0.3 is 14.4 Å². The summed E-state index contributed by atoms with van der Waals surface area (Å²) in [5.41, 5.74) is 1.28. The number of hydrogen-bond acceptors (Lipinski definition) is 4. The zero-order chi connectivity index (χ0) is 13.5. The standard InChI is InChI=1S/C14H22N4O/c1-3-5-14-16-13(17-19-14)11-18-8-6-12(10-18)9-15-7-4-2/h6,8,10,15H,3-5,7,9,11H2,1-2H3. The van der Waals surface area contributed by atoms with Crippen molar-refractivity contribution in [1.29, 1.82) is 0 Å². The monoisotopic (exact) mass is 262 g/mol. The minimum absolute atomic E-state index is 0.668. The van der Waals surface area contributed by atoms with E-state index in [4.69, 9.17) is 4.52 Å². The van der Waals surface area contributed by atoms with Gasteiger partial charge in [-0.25, -0.2) is 0 Å². The number of rotatable bonds is 8. The predicted octanol–water partition coefficient (Wildman–Crippen LogP) is 2.37. The van der Waals surface area contributed by atoms with E-state index in [-0.39, 0.29) is 0 Å². The molecule has 0 atom stereocenters. The van der Waals surface area contributed by atoms with Crippen LogP contribution in [0.4, 0.5) is 0 Å². The van der Waals surface area contributed by atoms with Crippen LogP contribution in [0.15, 0.2) is 23.0 Å². The lowest BCUT2D eigenvalue weighted by Crippen LogP contribution is -2.13. The molecule has 0 radical (unpaired) electrons. The van der Waals surface area contributed by atoms with Crippen LogP contribution >= 0.6 is 0 Å². The third-order valence-corrected chi connectivity index (χ3v) is 2.87. The second-order valence-electron chi connectivity index (χ2n) is 4.72. The molecule has 0 aliphatic carbocycles. The highest BCUT2D eigenvalue weighted by atomic mass is 16.5. The maximum Gasteiger partial charge on any atom is 0.226 e. The maximum atomic E-state index is 5.18. The molecule has 5 heteroatoms. The number of aromatic nitrogens is 3. The summed E-state index contributed by atoms with van der Waals surface area (Å²) in [5, 5.41) is 7.38. The molecule has 0 fully saturated rings. The van der Waals surface area contributed by atoms with Gasteiger partial charge in [-0.2, -0.15) is 4.98 Å². The average Bonchev–Trinajstić information content (AvgIpc) is 3.01. The number of hydrogen-bond donors (Lipinski definition) is 1. The summed E-state index contributed by atoms with van der Waals surface area (Å²) in [6.07, 6.45) is 7.21. The normalized spacial score (nSPS) is 11.1. The first-order valence-electron chi connectivity index (χ1n) is 6.98. The smallest absolute Gasteiger partial charge is 0.226 e. The van der Waals surface area contributed by atoms with E-state index < -0.39 is 0 Å². The van der Waals surface area contributed by atoms with Crippen LogP contribution < -0.4 is 5.32 Å². The van der Waals surface area contributed by atoms with Gasteiger partial charge in [-0.1, -0.05) is 19.0 Å². The lowest BCUT2D eigenvalue weighted by atomic mass is 10.3. The molecule has 0 unspecified atom stereocenters. The molecule has 0 amide bonds. The molecule has 19 heavy (non-hydrogen) atoms. The summed E-state index contributed by atoms with van der Waals surface area (Å²) >= 11 is 0. The Morgan fingerprint density at radius 3 is 3.00 bits per heavy atom. The van der Waals surface area contributed by atoms with E-state index in [1.54, 1.807) is 0 Å². The molecule has 0 saturated carbocycles. The van der Waals surface area contributed by atoms with Crippen molar-refractivity contribution in [2.24, 2.45) is 0 Å². The Balaban J connectivity index is 1.87. The molecule has 0 spiro atoms. The van der Waals surface area contributed by atoms with E-state index in [9.17, 15) is 0 Å². The average molecular weight is 262 g/mol. The van der Waals surface area contributed by atoms with Crippen molar-refractivity contribution in [1.82, 2.24) is 20.0 Å². The van der Waals surface area contributed by atoms with Crippen LogP contribution in [-0.4, -0.2) is 21.3 Å². The van der Waals surface area contributed by atoms with Crippen molar-refractivity contribution in [3.8, 4) is 0 Å². The van der Waals surface area contributed by atoms with Crippen molar-refractivity contribution in [3.05, 3.63) is 35.7 Å². The van der Waals surface area contributed by atoms with E-state index in [1.165, 1.54) is 5.56 Å². The molecular weight excluding hydrogens is 240 g/mol. The van der Waals surface area contributed by atoms with Crippen LogP contribution in [0.25, 0.3) is 0 Å². The molecule has 104 valence electrons. The third-order valence-electron chi connectivity index (χ3n) is 2.87. The van der Waals surface area contributed by atoms with Gasteiger partial charge in [-0.15, -0.1) is 0 Å². The predicted molar refractivity (Wildman–Crippen MR) is 73.8 cm³/mol. The molecule has 2 aromatic rings. The van der Waals surface area contributed by atoms with Gasteiger partial charge in [0, 0.05) is 25.4 Å². The van der Waals surface area contributed by atoms with Crippen molar-refractivity contribution < 1.29 is 4.52 Å². The third kappa shape index (κ3) is 4.21. The van der Waals surface area contributed by atoms with Crippen LogP contribution in [0.3, 0.4) is 0 Å². The number of nitrogens with zero attached hydrogens (tertiary/aromatic N) is 3. The minimum Gasteiger partial charge on any atom is -0.346 e. The largest absolute Gasteiger partial charge is 0.346 e. The SMILES string of the molecule is CCCNCc1ccn(Cc2noc(CCC)n2)c1. The highest BCUT2D eigenvalue weighted by Gasteiger charge is 2.06. The highest BCUT2D eigenvalue weighted by Crippen LogP contribution is 2.06. The van der Waals surface area contributed by atoms with Crippen LogP contribution in [-0.2, 0) is 19.5 Å². The summed E-state index contributed by atoms with van der Waals surface area (Å²) in [4.78, 5) is 4.37. The van der Waals surface area contributed by atoms with Crippen LogP contribution in [0.5, 0.6) is 0 Å². The fourth-order valence-electron chi connectivity index (χ4n) is 1.94. The Kier molecular flexibility index (Phi) is 5.15. The quantitative estimate of drug-likeness (QED) is 0.742. The van der Waals surface area contributed by atoms with Gasteiger partial charge in [0.25, 0.3) is 0 Å². The van der Waals surface area contributed by atoms with E-state index in [1.807, 2.05) is 0 Å². The first-order chi connectivity index (χ1) is 9.31. The van der Waals surface area contributed by atoms with E-state index >= 15 is 0 Å². The van der Waals surface area contributed by atoms with Gasteiger partial charge in [0.1, 0.15) is 0 Å². The molecule has 2 heterocycles. The topological polar surface area (TPSA) is 55.9 Å². The highest BCUT2D eigenvalue weighted by molar-refractivity contribution is 5.10. The first kappa shape index (κ1) is 13.8. The van der Waals surface area contributed by atoms with Crippen LogP contribution in [0, 0.1) is 0 Å². The molecule has 5 nitrogen and oxygen atoms in total. The zero-order valence-corrected chi connectivity index (χ0v) is 11.7. The van der Waals surface area contributed by atoms with E-state index in [0.29, 0.717) is 6.54 Å². The van der Waals surface area contributed by atoms with Crippen molar-refractivity contribution in [2.45, 2.75) is 46.2 Å². The molecule has 1 N–H and O–H groups in total. The van der Waals surface area contributed by atoms with Gasteiger partial charge in [0.2, 0.25) is 5.89 Å². The minimum atomic E-state index is 0.668. The summed E-state index contributed by atoms with van der Waals surface area (Å²) < 4.78 is 7.26. The van der Waals surface area contributed by atoms with Gasteiger partial charge in [-0.05, 0) is 31.0 Å². The molecule has 0 aromatic carbocycles. The van der Waals surface area contributed by atoms with Crippen molar-refractivity contribution in [2.75, 3.05) is 6.54 Å². The molecule has 0 saturated heterocycles. The summed E-state index contributed by atoms with van der Waals surface area (Å²) in [6.45, 7) is 6.90. The van der Waals surface area contributed by atoms with Gasteiger partial charge in [0.05, 0.1) is 6.54 Å². The molecule has 2 aromatic heterocycles. The Labute approximate surface area is 114 Å². The Morgan fingerprint density at radius 2 is 2.21 bits per heavy atom. The summed E-state index contributed by atoms with van der Waals surface area (Å²) in [6, 6.07) is 2.12. The van der Waals surface area contributed by atoms with E-state index in [2.05, 4.69) is 52.3 Å². The van der Waals surface area contributed by atoms with Gasteiger partial charge in [-0.3, -0.25) is 0 Å². The Bertz CT molecular complexity index is 489. The van der Waals surface area contributed by atoms with Crippen molar-refractivity contribution >= 4 is 0 Å². The number of aryl methyl sites for hydroxylation is 1. The summed E-state index contributed by atoms with van der Waals surface area (Å²) in [7, 11) is 0. The zero-order valence-electron chi connectivity index (χ0n) is 11.7. The number of nitrogens with one attached hydrogen (secondary N) is 1. The molecular formula is C14H22N4O. The fourth-order valence-corrected chi connectivity index (χ4v) is 1.94. The fraction of sp³-hybridized carbons (Fsp3) is 0.571. The lowest BCUT2D eigenvalue weighted by molar-refractivity contribution is 0.371. The van der Waals surface area contributed by atoms with Crippen LogP contribution in [0.1, 0.15) is 44.0 Å². The van der Waals surface area contributed by atoms with Crippen LogP contribution in [0.2, 0.25) is 0 Å². The molecule has 0 aliphatic heterocycles. The van der Waals surface area contributed by atoms with Gasteiger partial charge in [0.15, 0.2) is 5.82 Å². The molecule has 2 rings (SSSR count). The Morgan fingerprint density at radius 1 is 1.32 bits per heavy atom. The molecule has 0 aliphatic rings. The second kappa shape index (κ2) is 7.09. The second-order valence-corrected chi connectivity index (χ2v) is 4.72. The van der Waals surface area contributed by atoms with Crippen molar-refractivity contribution in [3.63, 3.8) is 0 Å². The van der Waals surface area contributed by atoms with E-state index in [0.717, 1.165) is 44.1 Å².